The van der Waals surface area contributed by atoms with E-state index in [0.29, 0.717) is 36.0 Å². The second-order valence-electron chi connectivity index (χ2n) is 7.71. The van der Waals surface area contributed by atoms with Crippen molar-refractivity contribution in [2.75, 3.05) is 38.2 Å². The number of rotatable bonds is 8. The van der Waals surface area contributed by atoms with Gasteiger partial charge in [-0.2, -0.15) is 4.31 Å². The van der Waals surface area contributed by atoms with E-state index >= 15 is 0 Å². The highest BCUT2D eigenvalue weighted by atomic mass is 32.2. The fourth-order valence-electron chi connectivity index (χ4n) is 3.44. The van der Waals surface area contributed by atoms with E-state index in [0.717, 1.165) is 0 Å². The zero-order valence-corrected chi connectivity index (χ0v) is 19.7. The van der Waals surface area contributed by atoms with Crippen LogP contribution in [0.25, 0.3) is 0 Å². The van der Waals surface area contributed by atoms with Gasteiger partial charge in [0.15, 0.2) is 0 Å². The number of carbonyl (C=O) groups excluding carboxylic acids is 2. The zero-order chi connectivity index (χ0) is 24.7. The predicted octanol–water partition coefficient (Wildman–Crippen LogP) is 2.87. The second kappa shape index (κ2) is 11.1. The molecule has 1 aliphatic heterocycles. The van der Waals surface area contributed by atoms with E-state index < -0.39 is 21.8 Å². The molecule has 0 bridgehead atoms. The normalized spacial score (nSPS) is 14.2. The molecule has 1 aliphatic rings. The molecule has 35 heavy (non-hydrogen) atoms. The lowest BCUT2D eigenvalue weighted by Gasteiger charge is -2.26. The molecule has 182 valence electrons. The van der Waals surface area contributed by atoms with Crippen LogP contribution in [-0.2, 0) is 19.6 Å². The number of nitrogens with zero attached hydrogens (tertiary/aromatic N) is 1. The molecule has 1 saturated heterocycles. The molecule has 10 heteroatoms. The highest BCUT2D eigenvalue weighted by molar-refractivity contribution is 7.89. The molecule has 0 aliphatic carbocycles. The van der Waals surface area contributed by atoms with Crippen LogP contribution in [0.5, 0.6) is 11.5 Å². The first-order chi connectivity index (χ1) is 16.9. The van der Waals surface area contributed by atoms with Crippen LogP contribution in [0.15, 0.2) is 83.8 Å². The first-order valence-corrected chi connectivity index (χ1v) is 12.4. The fourth-order valence-corrected chi connectivity index (χ4v) is 4.89. The Balaban J connectivity index is 1.30. The number of carbonyl (C=O) groups is 2. The quantitative estimate of drug-likeness (QED) is 0.497. The third-order valence-corrected chi connectivity index (χ3v) is 7.13. The third kappa shape index (κ3) is 6.44. The zero-order valence-electron chi connectivity index (χ0n) is 18.8. The summed E-state index contributed by atoms with van der Waals surface area (Å²) in [6.07, 6.45) is 0. The number of sulfonamides is 1. The van der Waals surface area contributed by atoms with Gasteiger partial charge in [0.25, 0.3) is 5.91 Å². The van der Waals surface area contributed by atoms with Crippen molar-refractivity contribution in [2.45, 2.75) is 4.90 Å². The molecule has 0 saturated carbocycles. The van der Waals surface area contributed by atoms with E-state index in [9.17, 15) is 18.0 Å². The van der Waals surface area contributed by atoms with E-state index in [2.05, 4.69) is 10.6 Å². The summed E-state index contributed by atoms with van der Waals surface area (Å²) < 4.78 is 37.9. The van der Waals surface area contributed by atoms with E-state index in [1.807, 2.05) is 30.3 Å². The molecule has 0 atom stereocenters. The number of ether oxygens (including phenoxy) is 2. The van der Waals surface area contributed by atoms with Crippen molar-refractivity contribution in [3.8, 4) is 11.5 Å². The highest BCUT2D eigenvalue weighted by Crippen LogP contribution is 2.22. The van der Waals surface area contributed by atoms with Crippen LogP contribution in [0.3, 0.4) is 0 Å². The summed E-state index contributed by atoms with van der Waals surface area (Å²) >= 11 is 0. The van der Waals surface area contributed by atoms with Crippen molar-refractivity contribution >= 4 is 27.5 Å². The predicted molar refractivity (Wildman–Crippen MR) is 130 cm³/mol. The molecule has 0 unspecified atom stereocenters. The minimum atomic E-state index is -3.68. The summed E-state index contributed by atoms with van der Waals surface area (Å²) in [4.78, 5) is 24.8. The van der Waals surface area contributed by atoms with Gasteiger partial charge in [0.2, 0.25) is 15.9 Å². The van der Waals surface area contributed by atoms with Crippen LogP contribution >= 0.6 is 0 Å². The Bertz CT molecular complexity index is 1270. The molecule has 2 N–H and O–H groups in total. The Morgan fingerprint density at radius 2 is 1.57 bits per heavy atom. The smallest absolute Gasteiger partial charge is 0.251 e. The molecule has 3 aromatic carbocycles. The van der Waals surface area contributed by atoms with Crippen molar-refractivity contribution in [1.29, 1.82) is 0 Å². The first kappa shape index (κ1) is 24.4. The number of benzene rings is 3. The third-order valence-electron chi connectivity index (χ3n) is 5.23. The van der Waals surface area contributed by atoms with Crippen molar-refractivity contribution < 1.29 is 27.5 Å². The molecule has 2 amide bonds. The van der Waals surface area contributed by atoms with Gasteiger partial charge in [-0.25, -0.2) is 8.42 Å². The van der Waals surface area contributed by atoms with E-state index in [1.54, 1.807) is 36.4 Å². The Morgan fingerprint density at radius 3 is 2.29 bits per heavy atom. The Morgan fingerprint density at radius 1 is 0.886 bits per heavy atom. The summed E-state index contributed by atoms with van der Waals surface area (Å²) in [7, 11) is -3.68. The number of hydrogen-bond donors (Lipinski definition) is 2. The molecule has 4 rings (SSSR count). The minimum absolute atomic E-state index is 0.0825. The maximum absolute atomic E-state index is 12.8. The lowest BCUT2D eigenvalue weighted by atomic mass is 10.2. The second-order valence-corrected chi connectivity index (χ2v) is 9.65. The summed E-state index contributed by atoms with van der Waals surface area (Å²) in [6.45, 7) is 0.979. The number of anilines is 1. The van der Waals surface area contributed by atoms with Gasteiger partial charge in [-0.3, -0.25) is 9.59 Å². The van der Waals surface area contributed by atoms with Crippen molar-refractivity contribution in [3.63, 3.8) is 0 Å². The largest absolute Gasteiger partial charge is 0.457 e. The average Bonchev–Trinajstić information content (AvgIpc) is 2.89. The number of amides is 2. The van der Waals surface area contributed by atoms with Crippen molar-refractivity contribution in [2.24, 2.45) is 0 Å². The summed E-state index contributed by atoms with van der Waals surface area (Å²) in [5.41, 5.74) is 0.692. The minimum Gasteiger partial charge on any atom is -0.457 e. The maximum Gasteiger partial charge on any atom is 0.251 e. The molecule has 0 radical (unpaired) electrons. The molecule has 1 heterocycles. The Kier molecular flexibility index (Phi) is 7.76. The van der Waals surface area contributed by atoms with Gasteiger partial charge in [-0.05, 0) is 54.6 Å². The van der Waals surface area contributed by atoms with Gasteiger partial charge >= 0.3 is 0 Å². The van der Waals surface area contributed by atoms with Gasteiger partial charge < -0.3 is 20.1 Å². The van der Waals surface area contributed by atoms with Crippen LogP contribution in [0, 0.1) is 0 Å². The van der Waals surface area contributed by atoms with Crippen LogP contribution in [0.4, 0.5) is 5.69 Å². The number of hydrogen-bond acceptors (Lipinski definition) is 6. The van der Waals surface area contributed by atoms with Gasteiger partial charge in [-0.1, -0.05) is 24.3 Å². The molecule has 0 spiro atoms. The van der Waals surface area contributed by atoms with Crippen molar-refractivity contribution in [3.05, 3.63) is 84.4 Å². The van der Waals surface area contributed by atoms with Crippen molar-refractivity contribution in [1.82, 2.24) is 9.62 Å². The molecule has 3 aromatic rings. The SMILES string of the molecule is O=C(CNC(=O)c1ccc(Oc2ccccc2)cc1)Nc1cccc(S(=O)(=O)N2CCOCC2)c1. The molecular weight excluding hydrogens is 470 g/mol. The van der Waals surface area contributed by atoms with E-state index in [4.69, 9.17) is 9.47 Å². The van der Waals surface area contributed by atoms with Crippen LogP contribution in [0.2, 0.25) is 0 Å². The molecule has 9 nitrogen and oxygen atoms in total. The van der Waals surface area contributed by atoms with Crippen LogP contribution < -0.4 is 15.4 Å². The topological polar surface area (TPSA) is 114 Å². The fraction of sp³-hybridized carbons (Fsp3) is 0.200. The van der Waals surface area contributed by atoms with Gasteiger partial charge in [0.05, 0.1) is 24.7 Å². The lowest BCUT2D eigenvalue weighted by molar-refractivity contribution is -0.115. The van der Waals surface area contributed by atoms with Crippen LogP contribution in [0.1, 0.15) is 10.4 Å². The Hall–Kier alpha value is -3.73. The number of para-hydroxylation sites is 1. The Labute approximate surface area is 203 Å². The first-order valence-electron chi connectivity index (χ1n) is 11.0. The monoisotopic (exact) mass is 495 g/mol. The molecule has 0 aromatic heterocycles. The number of nitrogens with one attached hydrogen (secondary N) is 2. The summed E-state index contributed by atoms with van der Waals surface area (Å²) in [5, 5.41) is 5.17. The van der Waals surface area contributed by atoms with Gasteiger partial charge in [-0.15, -0.1) is 0 Å². The summed E-state index contributed by atoms with van der Waals surface area (Å²) in [5.74, 6) is 0.360. The van der Waals surface area contributed by atoms with E-state index in [1.165, 1.54) is 16.4 Å². The molecule has 1 fully saturated rings. The molecular formula is C25H25N3O6S. The standard InChI is InChI=1S/C25H25N3O6S/c29-24(27-20-5-4-8-23(17-20)35(31,32)28-13-15-33-16-14-28)18-26-25(30)19-9-11-22(12-10-19)34-21-6-2-1-3-7-21/h1-12,17H,13-16,18H2,(H,26,30)(H,27,29). The lowest BCUT2D eigenvalue weighted by Crippen LogP contribution is -2.40. The highest BCUT2D eigenvalue weighted by Gasteiger charge is 2.26. The maximum atomic E-state index is 12.8. The van der Waals surface area contributed by atoms with Gasteiger partial charge in [0.1, 0.15) is 11.5 Å². The summed E-state index contributed by atoms with van der Waals surface area (Å²) in [6, 6.07) is 21.8. The number of morpholine rings is 1. The van der Waals surface area contributed by atoms with E-state index in [-0.39, 0.29) is 24.5 Å². The average molecular weight is 496 g/mol. The van der Waals surface area contributed by atoms with Gasteiger partial charge in [0, 0.05) is 24.3 Å². The van der Waals surface area contributed by atoms with Crippen LogP contribution in [-0.4, -0.2) is 57.4 Å².